The Balaban J connectivity index is 2.22. The second-order valence-corrected chi connectivity index (χ2v) is 7.53. The van der Waals surface area contributed by atoms with Gasteiger partial charge in [0.25, 0.3) is 0 Å². The van der Waals surface area contributed by atoms with Crippen molar-refractivity contribution < 1.29 is 5.11 Å². The first-order valence-electron chi connectivity index (χ1n) is 7.05. The van der Waals surface area contributed by atoms with E-state index in [-0.39, 0.29) is 12.6 Å². The second kappa shape index (κ2) is 7.40. The predicted octanol–water partition coefficient (Wildman–Crippen LogP) is 3.43. The minimum absolute atomic E-state index is 0.0621. The summed E-state index contributed by atoms with van der Waals surface area (Å²) < 4.78 is 1.05. The van der Waals surface area contributed by atoms with E-state index in [9.17, 15) is 5.11 Å². The monoisotopic (exact) mass is 322 g/mol. The summed E-state index contributed by atoms with van der Waals surface area (Å²) in [7, 11) is 0. The van der Waals surface area contributed by atoms with Crippen LogP contribution >= 0.6 is 23.1 Å². The molecule has 0 saturated heterocycles. The summed E-state index contributed by atoms with van der Waals surface area (Å²) in [5, 5.41) is 15.7. The maximum atomic E-state index is 10.1. The first-order valence-corrected chi connectivity index (χ1v) is 8.91. The number of aryl methyl sites for hydroxylation is 1. The zero-order valence-electron chi connectivity index (χ0n) is 12.7. The zero-order valence-corrected chi connectivity index (χ0v) is 14.3. The molecule has 2 aromatic rings. The average Bonchev–Trinajstić information content (AvgIpc) is 2.90. The molecule has 1 heterocycles. The van der Waals surface area contributed by atoms with E-state index in [0.29, 0.717) is 0 Å². The highest BCUT2D eigenvalue weighted by Crippen LogP contribution is 2.31. The van der Waals surface area contributed by atoms with Gasteiger partial charge in [-0.2, -0.15) is 0 Å². The molecule has 1 unspecified atom stereocenters. The second-order valence-electron chi connectivity index (χ2n) is 5.45. The van der Waals surface area contributed by atoms with Gasteiger partial charge in [0, 0.05) is 22.9 Å². The molecule has 21 heavy (non-hydrogen) atoms. The van der Waals surface area contributed by atoms with E-state index >= 15 is 0 Å². The Labute approximate surface area is 134 Å². The fourth-order valence-corrected chi connectivity index (χ4v) is 4.32. The Kier molecular flexibility index (Phi) is 5.81. The molecule has 0 bridgehead atoms. The number of aromatic nitrogens is 1. The molecule has 1 aromatic heterocycles. The third-order valence-corrected chi connectivity index (χ3v) is 5.57. The van der Waals surface area contributed by atoms with Crippen LogP contribution in [0.4, 0.5) is 0 Å². The van der Waals surface area contributed by atoms with Crippen molar-refractivity contribution in [3.8, 4) is 0 Å². The molecular weight excluding hydrogens is 300 g/mol. The number of hydrogen-bond acceptors (Lipinski definition) is 5. The van der Waals surface area contributed by atoms with Crippen LogP contribution in [0.2, 0.25) is 0 Å². The molecule has 5 heteroatoms. The molecule has 0 saturated carbocycles. The molecule has 0 amide bonds. The molecule has 3 nitrogen and oxygen atoms in total. The molecule has 0 aliphatic carbocycles. The first-order chi connectivity index (χ1) is 10.1. The van der Waals surface area contributed by atoms with Gasteiger partial charge in [0.2, 0.25) is 0 Å². The van der Waals surface area contributed by atoms with Gasteiger partial charge in [-0.1, -0.05) is 42.1 Å². The van der Waals surface area contributed by atoms with E-state index in [4.69, 9.17) is 0 Å². The highest BCUT2D eigenvalue weighted by Gasteiger charge is 2.32. The highest BCUT2D eigenvalue weighted by atomic mass is 32.2. The lowest BCUT2D eigenvalue weighted by atomic mass is 9.92. The van der Waals surface area contributed by atoms with Crippen LogP contribution in [0.5, 0.6) is 0 Å². The van der Waals surface area contributed by atoms with Gasteiger partial charge in [-0.05, 0) is 26.3 Å². The molecule has 2 rings (SSSR count). The SMILES string of the molecule is Cc1csc(SCC(CO)(NC(C)C)c2ccccc2)n1. The van der Waals surface area contributed by atoms with Crippen molar-refractivity contribution in [1.82, 2.24) is 10.3 Å². The average molecular weight is 322 g/mol. The minimum atomic E-state index is -0.445. The van der Waals surface area contributed by atoms with E-state index in [2.05, 4.69) is 41.7 Å². The quantitative estimate of drug-likeness (QED) is 0.767. The summed E-state index contributed by atoms with van der Waals surface area (Å²) in [5.74, 6) is 0.749. The largest absolute Gasteiger partial charge is 0.394 e. The summed E-state index contributed by atoms with van der Waals surface area (Å²) in [4.78, 5) is 4.49. The van der Waals surface area contributed by atoms with E-state index in [0.717, 1.165) is 21.3 Å². The number of hydrogen-bond donors (Lipinski definition) is 2. The number of nitrogens with zero attached hydrogens (tertiary/aromatic N) is 1. The molecular formula is C16H22N2OS2. The summed E-state index contributed by atoms with van der Waals surface area (Å²) in [6.45, 7) is 6.27. The van der Waals surface area contributed by atoms with Crippen molar-refractivity contribution in [2.75, 3.05) is 12.4 Å². The Morgan fingerprint density at radius 1 is 1.33 bits per heavy atom. The summed E-state index contributed by atoms with van der Waals surface area (Å²) in [6.07, 6.45) is 0. The predicted molar refractivity (Wildman–Crippen MR) is 91.1 cm³/mol. The summed E-state index contributed by atoms with van der Waals surface area (Å²) >= 11 is 3.35. The molecule has 0 radical (unpaired) electrons. The van der Waals surface area contributed by atoms with Gasteiger partial charge in [0.1, 0.15) is 4.34 Å². The van der Waals surface area contributed by atoms with Gasteiger partial charge < -0.3 is 10.4 Å². The summed E-state index contributed by atoms with van der Waals surface area (Å²) in [6, 6.07) is 10.5. The minimum Gasteiger partial charge on any atom is -0.394 e. The van der Waals surface area contributed by atoms with Gasteiger partial charge in [0.05, 0.1) is 12.1 Å². The first kappa shape index (κ1) is 16.5. The smallest absolute Gasteiger partial charge is 0.150 e. The van der Waals surface area contributed by atoms with Crippen LogP contribution in [-0.2, 0) is 5.54 Å². The van der Waals surface area contributed by atoms with Crippen LogP contribution in [0, 0.1) is 6.92 Å². The van der Waals surface area contributed by atoms with Gasteiger partial charge in [0.15, 0.2) is 0 Å². The number of aliphatic hydroxyl groups is 1. The lowest BCUT2D eigenvalue weighted by molar-refractivity contribution is 0.170. The molecule has 1 atom stereocenters. The van der Waals surface area contributed by atoms with Crippen molar-refractivity contribution in [3.05, 3.63) is 47.0 Å². The number of aliphatic hydroxyl groups excluding tert-OH is 1. The van der Waals surface area contributed by atoms with Crippen LogP contribution < -0.4 is 5.32 Å². The lowest BCUT2D eigenvalue weighted by Gasteiger charge is -2.35. The van der Waals surface area contributed by atoms with E-state index in [1.165, 1.54) is 0 Å². The topological polar surface area (TPSA) is 45.1 Å². The molecule has 0 aliphatic heterocycles. The van der Waals surface area contributed by atoms with Crippen molar-refractivity contribution >= 4 is 23.1 Å². The van der Waals surface area contributed by atoms with Gasteiger partial charge >= 0.3 is 0 Å². The van der Waals surface area contributed by atoms with Crippen molar-refractivity contribution in [3.63, 3.8) is 0 Å². The summed E-state index contributed by atoms with van der Waals surface area (Å²) in [5.41, 5.74) is 1.72. The number of thioether (sulfide) groups is 1. The van der Waals surface area contributed by atoms with Crippen LogP contribution in [0.3, 0.4) is 0 Å². The van der Waals surface area contributed by atoms with Gasteiger partial charge in [-0.25, -0.2) is 4.98 Å². The standard InChI is InChI=1S/C16H22N2OS2/c1-12(2)18-16(10-19,14-7-5-4-6-8-14)11-21-15-17-13(3)9-20-15/h4-9,12,18-19H,10-11H2,1-3H3. The van der Waals surface area contributed by atoms with Crippen LogP contribution in [0.15, 0.2) is 40.1 Å². The van der Waals surface area contributed by atoms with E-state index in [1.54, 1.807) is 23.1 Å². The molecule has 0 fully saturated rings. The molecule has 0 aliphatic rings. The van der Waals surface area contributed by atoms with E-state index < -0.39 is 5.54 Å². The fourth-order valence-electron chi connectivity index (χ4n) is 2.28. The van der Waals surface area contributed by atoms with Gasteiger partial charge in [-0.15, -0.1) is 11.3 Å². The highest BCUT2D eigenvalue weighted by molar-refractivity contribution is 8.01. The maximum absolute atomic E-state index is 10.1. The van der Waals surface area contributed by atoms with Crippen LogP contribution in [0.25, 0.3) is 0 Å². The fraction of sp³-hybridized carbons (Fsp3) is 0.438. The van der Waals surface area contributed by atoms with Gasteiger partial charge in [-0.3, -0.25) is 0 Å². The number of thiazole rings is 1. The maximum Gasteiger partial charge on any atom is 0.150 e. The Morgan fingerprint density at radius 3 is 2.57 bits per heavy atom. The normalized spacial score (nSPS) is 14.3. The zero-order chi connectivity index (χ0) is 15.3. The van der Waals surface area contributed by atoms with Crippen molar-refractivity contribution in [1.29, 1.82) is 0 Å². The molecule has 2 N–H and O–H groups in total. The van der Waals surface area contributed by atoms with Crippen LogP contribution in [0.1, 0.15) is 25.1 Å². The van der Waals surface area contributed by atoms with Crippen molar-refractivity contribution in [2.24, 2.45) is 0 Å². The number of rotatable bonds is 7. The Morgan fingerprint density at radius 2 is 2.05 bits per heavy atom. The number of nitrogens with one attached hydrogen (secondary N) is 1. The van der Waals surface area contributed by atoms with E-state index in [1.807, 2.05) is 25.1 Å². The molecule has 0 spiro atoms. The Bertz CT molecular complexity index is 556. The third-order valence-electron chi connectivity index (χ3n) is 3.20. The number of benzene rings is 1. The third kappa shape index (κ3) is 4.30. The molecule has 114 valence electrons. The molecule has 1 aromatic carbocycles. The van der Waals surface area contributed by atoms with Crippen molar-refractivity contribution in [2.45, 2.75) is 36.7 Å². The van der Waals surface area contributed by atoms with Crippen LogP contribution in [-0.4, -0.2) is 28.5 Å². The lowest BCUT2D eigenvalue weighted by Crippen LogP contribution is -2.50. The Hall–Kier alpha value is -0.880.